The molecule has 0 aliphatic heterocycles. The van der Waals surface area contributed by atoms with E-state index < -0.39 is 11.9 Å². The molecule has 7 N–H and O–H groups in total. The SMILES string of the molecule is C=C(C)C(=O)Oc1ccc(N)c(O)c1.NC(=O)c1ccc2[nH][nH]c2c1. The number of phenols is 1. The van der Waals surface area contributed by atoms with Crippen LogP contribution in [0.1, 0.15) is 17.3 Å². The van der Waals surface area contributed by atoms with Crippen LogP contribution in [0.4, 0.5) is 5.69 Å². The molecule has 25 heavy (non-hydrogen) atoms. The number of esters is 1. The van der Waals surface area contributed by atoms with Gasteiger partial charge in [0, 0.05) is 17.2 Å². The molecule has 1 amide bonds. The fourth-order valence-corrected chi connectivity index (χ4v) is 1.76. The van der Waals surface area contributed by atoms with Crippen molar-refractivity contribution in [2.75, 3.05) is 5.73 Å². The number of phenolic OH excluding ortho intramolecular Hbond substituents is 1. The van der Waals surface area contributed by atoms with Gasteiger partial charge in [0.2, 0.25) is 5.91 Å². The lowest BCUT2D eigenvalue weighted by atomic mass is 10.2. The molecular formula is C17H18N4O4. The second-order valence-electron chi connectivity index (χ2n) is 5.27. The van der Waals surface area contributed by atoms with Crippen molar-refractivity contribution in [1.29, 1.82) is 0 Å². The quantitative estimate of drug-likeness (QED) is 0.162. The second kappa shape index (κ2) is 7.26. The molecule has 3 aromatic rings. The largest absolute Gasteiger partial charge is 0.506 e. The van der Waals surface area contributed by atoms with Gasteiger partial charge in [-0.15, -0.1) is 0 Å². The van der Waals surface area contributed by atoms with Crippen LogP contribution in [0.15, 0.2) is 48.6 Å². The van der Waals surface area contributed by atoms with E-state index >= 15 is 0 Å². The molecule has 2 aromatic carbocycles. The Hall–Kier alpha value is -3.68. The molecule has 130 valence electrons. The number of nitrogen functional groups attached to an aromatic ring is 1. The second-order valence-corrected chi connectivity index (χ2v) is 5.27. The Bertz CT molecular complexity index is 939. The molecule has 0 radical (unpaired) electrons. The number of amides is 1. The number of hydrogen-bond acceptors (Lipinski definition) is 5. The van der Waals surface area contributed by atoms with E-state index in [0.29, 0.717) is 11.1 Å². The summed E-state index contributed by atoms with van der Waals surface area (Å²) < 4.78 is 4.86. The van der Waals surface area contributed by atoms with Crippen molar-refractivity contribution >= 4 is 28.6 Å². The molecule has 0 bridgehead atoms. The molecule has 3 rings (SSSR count). The predicted molar refractivity (Wildman–Crippen MR) is 94.1 cm³/mol. The Balaban J connectivity index is 0.000000185. The number of benzene rings is 2. The number of rotatable bonds is 3. The Labute approximate surface area is 143 Å². The van der Waals surface area contributed by atoms with E-state index in [-0.39, 0.29) is 17.2 Å². The number of fused-ring (bicyclic) bond motifs is 1. The third-order valence-electron chi connectivity index (χ3n) is 3.20. The zero-order chi connectivity index (χ0) is 18.6. The normalized spacial score (nSPS) is 9.96. The van der Waals surface area contributed by atoms with Gasteiger partial charge in [-0.25, -0.2) is 4.79 Å². The number of carbonyl (C=O) groups excluding carboxylic acids is 2. The number of aromatic amines is 2. The summed E-state index contributed by atoms with van der Waals surface area (Å²) in [6.07, 6.45) is 0. The highest BCUT2D eigenvalue weighted by atomic mass is 16.5. The Morgan fingerprint density at radius 1 is 1.12 bits per heavy atom. The summed E-state index contributed by atoms with van der Waals surface area (Å²) in [5, 5.41) is 14.9. The first-order valence-electron chi connectivity index (χ1n) is 7.20. The minimum Gasteiger partial charge on any atom is -0.506 e. The average molecular weight is 342 g/mol. The minimum atomic E-state index is -0.533. The van der Waals surface area contributed by atoms with Gasteiger partial charge in [0.1, 0.15) is 11.5 Å². The summed E-state index contributed by atoms with van der Waals surface area (Å²) in [6.45, 7) is 4.97. The maximum absolute atomic E-state index is 11.1. The van der Waals surface area contributed by atoms with E-state index in [1.165, 1.54) is 18.2 Å². The molecule has 0 spiro atoms. The highest BCUT2D eigenvalue weighted by Gasteiger charge is 2.06. The molecule has 1 aromatic heterocycles. The number of aromatic nitrogens is 2. The maximum Gasteiger partial charge on any atom is 0.338 e. The predicted octanol–water partition coefficient (Wildman–Crippen LogP) is 2.05. The Kier molecular flexibility index (Phi) is 5.13. The molecule has 0 saturated heterocycles. The number of ether oxygens (including phenoxy) is 1. The molecule has 0 aliphatic carbocycles. The summed E-state index contributed by atoms with van der Waals surface area (Å²) in [7, 11) is 0. The molecule has 0 unspecified atom stereocenters. The van der Waals surface area contributed by atoms with Gasteiger partial charge in [-0.3, -0.25) is 15.0 Å². The number of H-pyrrole nitrogens is 2. The van der Waals surface area contributed by atoms with E-state index in [4.69, 9.17) is 16.2 Å². The Morgan fingerprint density at radius 2 is 1.80 bits per heavy atom. The number of aromatic hydroxyl groups is 1. The first-order valence-corrected chi connectivity index (χ1v) is 7.20. The molecule has 8 heteroatoms. The minimum absolute atomic E-state index is 0.114. The van der Waals surface area contributed by atoms with E-state index in [2.05, 4.69) is 16.8 Å². The highest BCUT2D eigenvalue weighted by molar-refractivity contribution is 5.96. The van der Waals surface area contributed by atoms with Gasteiger partial charge < -0.3 is 21.3 Å². The molecule has 0 atom stereocenters. The van der Waals surface area contributed by atoms with Crippen LogP contribution in [0.3, 0.4) is 0 Å². The number of primary amides is 1. The van der Waals surface area contributed by atoms with Crippen LogP contribution in [-0.4, -0.2) is 27.2 Å². The summed E-state index contributed by atoms with van der Waals surface area (Å²) >= 11 is 0. The lowest BCUT2D eigenvalue weighted by Crippen LogP contribution is -2.11. The van der Waals surface area contributed by atoms with Crippen molar-refractivity contribution in [2.24, 2.45) is 5.73 Å². The van der Waals surface area contributed by atoms with Crippen LogP contribution in [-0.2, 0) is 4.79 Å². The smallest absolute Gasteiger partial charge is 0.338 e. The lowest BCUT2D eigenvalue weighted by molar-refractivity contribution is -0.130. The van der Waals surface area contributed by atoms with Crippen molar-refractivity contribution < 1.29 is 19.4 Å². The van der Waals surface area contributed by atoms with Crippen molar-refractivity contribution in [3.8, 4) is 11.5 Å². The molecule has 1 heterocycles. The van der Waals surface area contributed by atoms with E-state index in [1.54, 1.807) is 19.1 Å². The topological polar surface area (TPSA) is 147 Å². The van der Waals surface area contributed by atoms with Crippen LogP contribution < -0.4 is 16.2 Å². The lowest BCUT2D eigenvalue weighted by Gasteiger charge is -2.04. The monoisotopic (exact) mass is 342 g/mol. The molecule has 8 nitrogen and oxygen atoms in total. The molecular weight excluding hydrogens is 324 g/mol. The highest BCUT2D eigenvalue weighted by Crippen LogP contribution is 2.25. The third-order valence-corrected chi connectivity index (χ3v) is 3.20. The van der Waals surface area contributed by atoms with Crippen molar-refractivity contribution in [3.63, 3.8) is 0 Å². The van der Waals surface area contributed by atoms with E-state index in [9.17, 15) is 14.7 Å². The summed E-state index contributed by atoms with van der Waals surface area (Å²) in [5.74, 6) is -0.808. The van der Waals surface area contributed by atoms with Gasteiger partial charge in [-0.1, -0.05) is 6.58 Å². The zero-order valence-corrected chi connectivity index (χ0v) is 13.5. The van der Waals surface area contributed by atoms with E-state index in [0.717, 1.165) is 11.0 Å². The fraction of sp³-hybridized carbons (Fsp3) is 0.0588. The van der Waals surface area contributed by atoms with Crippen LogP contribution in [0.25, 0.3) is 11.0 Å². The van der Waals surface area contributed by atoms with Gasteiger partial charge >= 0.3 is 5.97 Å². The fourth-order valence-electron chi connectivity index (χ4n) is 1.76. The van der Waals surface area contributed by atoms with Crippen molar-refractivity contribution in [2.45, 2.75) is 6.92 Å². The first-order chi connectivity index (χ1) is 11.8. The van der Waals surface area contributed by atoms with Gasteiger partial charge in [0.25, 0.3) is 0 Å². The number of anilines is 1. The summed E-state index contributed by atoms with van der Waals surface area (Å²) in [4.78, 5) is 21.7. The van der Waals surface area contributed by atoms with E-state index in [1.807, 2.05) is 6.07 Å². The molecule has 0 saturated carbocycles. The summed E-state index contributed by atoms with van der Waals surface area (Å²) in [6, 6.07) is 9.44. The summed E-state index contributed by atoms with van der Waals surface area (Å²) in [5.41, 5.74) is 13.4. The number of carbonyl (C=O) groups is 2. The molecule has 0 aliphatic rings. The van der Waals surface area contributed by atoms with Crippen molar-refractivity contribution in [1.82, 2.24) is 10.2 Å². The number of nitrogens with one attached hydrogen (secondary N) is 2. The van der Waals surface area contributed by atoms with Crippen LogP contribution in [0.5, 0.6) is 11.5 Å². The first kappa shape index (κ1) is 17.7. The van der Waals surface area contributed by atoms with Gasteiger partial charge in [0.15, 0.2) is 0 Å². The zero-order valence-electron chi connectivity index (χ0n) is 13.5. The number of nitrogens with two attached hydrogens (primary N) is 2. The number of hydrogen-bond donors (Lipinski definition) is 5. The van der Waals surface area contributed by atoms with Crippen LogP contribution >= 0.6 is 0 Å². The van der Waals surface area contributed by atoms with Crippen LogP contribution in [0, 0.1) is 0 Å². The van der Waals surface area contributed by atoms with Gasteiger partial charge in [-0.2, -0.15) is 0 Å². The van der Waals surface area contributed by atoms with Crippen LogP contribution in [0.2, 0.25) is 0 Å². The molecule has 0 fully saturated rings. The average Bonchev–Trinajstić information content (AvgIpc) is 2.52. The van der Waals surface area contributed by atoms with Crippen molar-refractivity contribution in [3.05, 3.63) is 54.1 Å². The standard InChI is InChI=1S/C10H11NO3.C7H7N3O/c1-6(2)10(13)14-7-3-4-8(11)9(12)5-7;8-7(11)4-1-2-5-6(3-4)10-9-5/h3-5,12H,1,11H2,2H3;1-3,9-10H,(H2,8,11). The van der Waals surface area contributed by atoms with Gasteiger partial charge in [0.05, 0.1) is 16.7 Å². The maximum atomic E-state index is 11.1. The third kappa shape index (κ3) is 4.41. The Morgan fingerprint density at radius 3 is 2.28 bits per heavy atom. The van der Waals surface area contributed by atoms with Gasteiger partial charge in [-0.05, 0) is 37.3 Å².